The van der Waals surface area contributed by atoms with Crippen molar-refractivity contribution in [2.45, 2.75) is 25.4 Å². The SMILES string of the molecule is COc1ccccc1CN1C(=O)N[C@H](CCc2ccccc2)C1=O. The Kier molecular flexibility index (Phi) is 4.79. The van der Waals surface area contributed by atoms with Crippen LogP contribution in [0.25, 0.3) is 0 Å². The number of urea groups is 1. The zero-order valence-electron chi connectivity index (χ0n) is 13.6. The second kappa shape index (κ2) is 7.17. The quantitative estimate of drug-likeness (QED) is 0.831. The first-order chi connectivity index (χ1) is 11.7. The highest BCUT2D eigenvalue weighted by atomic mass is 16.5. The first kappa shape index (κ1) is 16.1. The van der Waals surface area contributed by atoms with Crippen LogP contribution >= 0.6 is 0 Å². The van der Waals surface area contributed by atoms with E-state index in [4.69, 9.17) is 4.74 Å². The second-order valence-corrected chi connectivity index (χ2v) is 5.76. The molecule has 2 aromatic rings. The number of amides is 3. The zero-order valence-corrected chi connectivity index (χ0v) is 13.6. The average molecular weight is 324 g/mol. The number of nitrogens with zero attached hydrogens (tertiary/aromatic N) is 1. The van der Waals surface area contributed by atoms with Gasteiger partial charge >= 0.3 is 6.03 Å². The van der Waals surface area contributed by atoms with E-state index < -0.39 is 6.04 Å². The molecule has 0 saturated carbocycles. The molecule has 5 nitrogen and oxygen atoms in total. The molecule has 1 atom stereocenters. The Morgan fingerprint density at radius 1 is 1.04 bits per heavy atom. The number of benzene rings is 2. The Bertz CT molecular complexity index is 730. The van der Waals surface area contributed by atoms with Crippen LogP contribution in [0.3, 0.4) is 0 Å². The van der Waals surface area contributed by atoms with Gasteiger partial charge in [0.05, 0.1) is 13.7 Å². The van der Waals surface area contributed by atoms with Gasteiger partial charge in [0.15, 0.2) is 0 Å². The summed E-state index contributed by atoms with van der Waals surface area (Å²) in [5.74, 6) is 0.493. The summed E-state index contributed by atoms with van der Waals surface area (Å²) in [5.41, 5.74) is 1.97. The van der Waals surface area contributed by atoms with E-state index in [-0.39, 0.29) is 18.5 Å². The highest BCUT2D eigenvalue weighted by molar-refractivity contribution is 6.04. The lowest BCUT2D eigenvalue weighted by Gasteiger charge is -2.15. The molecule has 3 rings (SSSR count). The second-order valence-electron chi connectivity index (χ2n) is 5.76. The molecule has 1 fully saturated rings. The lowest BCUT2D eigenvalue weighted by atomic mass is 10.1. The molecule has 0 radical (unpaired) electrons. The van der Waals surface area contributed by atoms with Crippen molar-refractivity contribution in [3.8, 4) is 5.75 Å². The number of para-hydroxylation sites is 1. The van der Waals surface area contributed by atoms with E-state index in [0.717, 1.165) is 17.5 Å². The third-order valence-electron chi connectivity index (χ3n) is 4.19. The van der Waals surface area contributed by atoms with E-state index in [1.807, 2.05) is 54.6 Å². The fourth-order valence-corrected chi connectivity index (χ4v) is 2.88. The number of carbonyl (C=O) groups excluding carboxylic acids is 2. The molecule has 0 spiro atoms. The normalized spacial score (nSPS) is 17.0. The van der Waals surface area contributed by atoms with Crippen LogP contribution in [0.2, 0.25) is 0 Å². The van der Waals surface area contributed by atoms with Gasteiger partial charge < -0.3 is 10.1 Å². The van der Waals surface area contributed by atoms with E-state index in [9.17, 15) is 9.59 Å². The van der Waals surface area contributed by atoms with Gasteiger partial charge in [0, 0.05) is 5.56 Å². The van der Waals surface area contributed by atoms with Crippen LogP contribution in [0.1, 0.15) is 17.5 Å². The number of carbonyl (C=O) groups is 2. The first-order valence-electron chi connectivity index (χ1n) is 7.96. The van der Waals surface area contributed by atoms with Crippen molar-refractivity contribution in [2.24, 2.45) is 0 Å². The Hall–Kier alpha value is -2.82. The standard InChI is InChI=1S/C19H20N2O3/c1-24-17-10-6-5-9-15(17)13-21-18(22)16(20-19(21)23)12-11-14-7-3-2-4-8-14/h2-10,16H,11-13H2,1H3,(H,20,23)/t16-/m1/s1. The monoisotopic (exact) mass is 324 g/mol. The Balaban J connectivity index is 1.65. The van der Waals surface area contributed by atoms with Crippen molar-refractivity contribution < 1.29 is 14.3 Å². The predicted octanol–water partition coefficient (Wildman–Crippen LogP) is 2.75. The molecule has 1 N–H and O–H groups in total. The fourth-order valence-electron chi connectivity index (χ4n) is 2.88. The molecule has 1 heterocycles. The van der Waals surface area contributed by atoms with E-state index >= 15 is 0 Å². The predicted molar refractivity (Wildman–Crippen MR) is 90.6 cm³/mol. The van der Waals surface area contributed by atoms with Crippen molar-refractivity contribution >= 4 is 11.9 Å². The summed E-state index contributed by atoms with van der Waals surface area (Å²) in [6.45, 7) is 0.219. The van der Waals surface area contributed by atoms with E-state index in [1.54, 1.807) is 7.11 Å². The number of ether oxygens (including phenoxy) is 1. The van der Waals surface area contributed by atoms with Gasteiger partial charge in [0.1, 0.15) is 11.8 Å². The van der Waals surface area contributed by atoms with Gasteiger partial charge in [-0.15, -0.1) is 0 Å². The largest absolute Gasteiger partial charge is 0.496 e. The number of methoxy groups -OCH3 is 1. The van der Waals surface area contributed by atoms with Crippen molar-refractivity contribution in [2.75, 3.05) is 7.11 Å². The molecule has 1 saturated heterocycles. The minimum absolute atomic E-state index is 0.179. The van der Waals surface area contributed by atoms with Gasteiger partial charge in [-0.1, -0.05) is 48.5 Å². The molecule has 1 aliphatic rings. The molecule has 5 heteroatoms. The number of hydrogen-bond acceptors (Lipinski definition) is 3. The minimum Gasteiger partial charge on any atom is -0.496 e. The highest BCUT2D eigenvalue weighted by Crippen LogP contribution is 2.22. The number of rotatable bonds is 6. The maximum atomic E-state index is 12.5. The molecule has 0 bridgehead atoms. The highest BCUT2D eigenvalue weighted by Gasteiger charge is 2.37. The molecule has 2 aromatic carbocycles. The van der Waals surface area contributed by atoms with Gasteiger partial charge in [0.25, 0.3) is 5.91 Å². The number of nitrogens with one attached hydrogen (secondary N) is 1. The summed E-state index contributed by atoms with van der Waals surface area (Å²) >= 11 is 0. The topological polar surface area (TPSA) is 58.6 Å². The molecule has 1 aliphatic heterocycles. The third kappa shape index (κ3) is 3.40. The number of imide groups is 1. The lowest BCUT2D eigenvalue weighted by molar-refractivity contribution is -0.128. The average Bonchev–Trinajstić information content (AvgIpc) is 2.89. The number of hydrogen-bond donors (Lipinski definition) is 1. The molecule has 0 unspecified atom stereocenters. The molecule has 0 aliphatic carbocycles. The van der Waals surface area contributed by atoms with Crippen LogP contribution in [0.4, 0.5) is 4.79 Å². The molecule has 124 valence electrons. The Labute approximate surface area is 141 Å². The Morgan fingerprint density at radius 3 is 2.50 bits per heavy atom. The van der Waals surface area contributed by atoms with Gasteiger partial charge in [-0.3, -0.25) is 9.69 Å². The minimum atomic E-state index is -0.465. The van der Waals surface area contributed by atoms with Crippen molar-refractivity contribution in [3.05, 3.63) is 65.7 Å². The third-order valence-corrected chi connectivity index (χ3v) is 4.19. The van der Waals surface area contributed by atoms with Crippen LogP contribution in [-0.2, 0) is 17.8 Å². The van der Waals surface area contributed by atoms with Crippen molar-refractivity contribution in [1.29, 1.82) is 0 Å². The summed E-state index contributed by atoms with van der Waals surface area (Å²) in [4.78, 5) is 26.0. The van der Waals surface area contributed by atoms with Crippen LogP contribution in [0.15, 0.2) is 54.6 Å². The van der Waals surface area contributed by atoms with E-state index in [1.165, 1.54) is 4.90 Å². The maximum absolute atomic E-state index is 12.5. The molecule has 24 heavy (non-hydrogen) atoms. The summed E-state index contributed by atoms with van der Waals surface area (Å²) in [6, 6.07) is 16.5. The van der Waals surface area contributed by atoms with E-state index in [2.05, 4.69) is 5.32 Å². The van der Waals surface area contributed by atoms with Gasteiger partial charge in [-0.25, -0.2) is 4.79 Å². The molecule has 0 aromatic heterocycles. The fraction of sp³-hybridized carbons (Fsp3) is 0.263. The van der Waals surface area contributed by atoms with Crippen LogP contribution in [0, 0.1) is 0 Å². The summed E-state index contributed by atoms with van der Waals surface area (Å²) in [5, 5.41) is 2.78. The van der Waals surface area contributed by atoms with Gasteiger partial charge in [0.2, 0.25) is 0 Å². The smallest absolute Gasteiger partial charge is 0.325 e. The van der Waals surface area contributed by atoms with Crippen LogP contribution in [0.5, 0.6) is 5.75 Å². The van der Waals surface area contributed by atoms with Gasteiger partial charge in [-0.05, 0) is 24.5 Å². The zero-order chi connectivity index (χ0) is 16.9. The lowest BCUT2D eigenvalue weighted by Crippen LogP contribution is -2.31. The number of aryl methyl sites for hydroxylation is 1. The van der Waals surface area contributed by atoms with Crippen molar-refractivity contribution in [3.63, 3.8) is 0 Å². The molecular formula is C19H20N2O3. The Morgan fingerprint density at radius 2 is 1.75 bits per heavy atom. The van der Waals surface area contributed by atoms with Crippen molar-refractivity contribution in [1.82, 2.24) is 10.2 Å². The van der Waals surface area contributed by atoms with Crippen LogP contribution < -0.4 is 10.1 Å². The molecular weight excluding hydrogens is 304 g/mol. The first-order valence-corrected chi connectivity index (χ1v) is 7.96. The molecule has 3 amide bonds. The summed E-state index contributed by atoms with van der Waals surface area (Å²) in [7, 11) is 1.58. The van der Waals surface area contributed by atoms with Gasteiger partial charge in [-0.2, -0.15) is 0 Å². The van der Waals surface area contributed by atoms with E-state index in [0.29, 0.717) is 12.2 Å². The van der Waals surface area contributed by atoms with Crippen LogP contribution in [-0.4, -0.2) is 30.0 Å². The summed E-state index contributed by atoms with van der Waals surface area (Å²) < 4.78 is 5.29. The maximum Gasteiger partial charge on any atom is 0.325 e. The summed E-state index contributed by atoms with van der Waals surface area (Å²) in [6.07, 6.45) is 1.34.